The number of imidazole rings is 1. The summed E-state index contributed by atoms with van der Waals surface area (Å²) in [5.74, 6) is 0.346. The highest BCUT2D eigenvalue weighted by Gasteiger charge is 2.29. The number of halogens is 3. The molecular formula is C22H15F3N2O2S. The molecule has 0 fully saturated rings. The zero-order chi connectivity index (χ0) is 21.5. The van der Waals surface area contributed by atoms with Crippen molar-refractivity contribution < 1.29 is 17.6 Å². The molecule has 8 heteroatoms. The summed E-state index contributed by atoms with van der Waals surface area (Å²) >= 11 is 1.40. The first-order valence-electron chi connectivity index (χ1n) is 8.85. The van der Waals surface area contributed by atoms with Gasteiger partial charge in [0.05, 0.1) is 16.8 Å². The Morgan fingerprint density at radius 3 is 2.47 bits per heavy atom. The normalized spacial score (nSPS) is 11.7. The van der Waals surface area contributed by atoms with Crippen LogP contribution in [0, 0.1) is 0 Å². The molecule has 0 saturated heterocycles. The van der Waals surface area contributed by atoms with Gasteiger partial charge < -0.3 is 4.42 Å². The van der Waals surface area contributed by atoms with E-state index in [0.29, 0.717) is 34.0 Å². The summed E-state index contributed by atoms with van der Waals surface area (Å²) in [4.78, 5) is 18.4. The summed E-state index contributed by atoms with van der Waals surface area (Å²) in [6, 6.07) is 6.76. The average Bonchev–Trinajstić information content (AvgIpc) is 3.25. The molecule has 152 valence electrons. The molecule has 1 aromatic carbocycles. The molecule has 0 unspecified atom stereocenters. The Bertz CT molecular complexity index is 1280. The standard InChI is InChI=1S/C22H15F3N2O2S/c1-3-14-10-17(20(28)29-19(14)4-2)18-12-27-11-16(30-21(27)26-18)9-13-5-7-15(8-6-13)22(23,24)25/h3-8,10-12H,1-2,9H2. The van der Waals surface area contributed by atoms with Crippen LogP contribution in [0.4, 0.5) is 13.2 Å². The number of aromatic nitrogens is 2. The Hall–Kier alpha value is -3.39. The summed E-state index contributed by atoms with van der Waals surface area (Å²) in [5, 5.41) is 0. The number of alkyl halides is 3. The van der Waals surface area contributed by atoms with E-state index in [2.05, 4.69) is 18.1 Å². The number of nitrogens with zero attached hydrogens (tertiary/aromatic N) is 2. The SMILES string of the molecule is C=Cc1cc(-c2cn3cc(Cc4ccc(C(F)(F)F)cc4)sc3n2)c(=O)oc1C=C. The quantitative estimate of drug-likeness (QED) is 0.397. The van der Waals surface area contributed by atoms with Crippen LogP contribution in [0.1, 0.15) is 27.3 Å². The summed E-state index contributed by atoms with van der Waals surface area (Å²) in [5.41, 5.74) is 0.997. The van der Waals surface area contributed by atoms with Gasteiger partial charge in [-0.2, -0.15) is 13.2 Å². The second-order valence-electron chi connectivity index (χ2n) is 6.56. The van der Waals surface area contributed by atoms with Gasteiger partial charge in [-0.15, -0.1) is 11.3 Å². The Labute approximate surface area is 173 Å². The maximum Gasteiger partial charge on any atom is 0.416 e. The third-order valence-electron chi connectivity index (χ3n) is 4.55. The lowest BCUT2D eigenvalue weighted by Crippen LogP contribution is -2.05. The number of benzene rings is 1. The molecule has 4 nitrogen and oxygen atoms in total. The fourth-order valence-corrected chi connectivity index (χ4v) is 4.06. The number of fused-ring (bicyclic) bond motifs is 1. The zero-order valence-electron chi connectivity index (χ0n) is 15.6. The van der Waals surface area contributed by atoms with E-state index >= 15 is 0 Å². The molecule has 3 heterocycles. The Morgan fingerprint density at radius 2 is 1.87 bits per heavy atom. The lowest BCUT2D eigenvalue weighted by Gasteiger charge is -2.06. The van der Waals surface area contributed by atoms with Crippen LogP contribution < -0.4 is 5.63 Å². The summed E-state index contributed by atoms with van der Waals surface area (Å²) in [6.45, 7) is 7.33. The monoisotopic (exact) mass is 428 g/mol. The van der Waals surface area contributed by atoms with Crippen molar-refractivity contribution in [2.24, 2.45) is 0 Å². The molecule has 0 saturated carbocycles. The highest BCUT2D eigenvalue weighted by molar-refractivity contribution is 7.17. The number of rotatable bonds is 5. The minimum Gasteiger partial charge on any atom is -0.422 e. The molecule has 0 aliphatic carbocycles. The molecule has 0 spiro atoms. The first-order chi connectivity index (χ1) is 14.3. The fraction of sp³-hybridized carbons (Fsp3) is 0.0909. The van der Waals surface area contributed by atoms with E-state index in [-0.39, 0.29) is 0 Å². The molecule has 0 atom stereocenters. The molecule has 4 rings (SSSR count). The van der Waals surface area contributed by atoms with E-state index in [1.165, 1.54) is 29.5 Å². The smallest absolute Gasteiger partial charge is 0.416 e. The van der Waals surface area contributed by atoms with Crippen molar-refractivity contribution in [3.63, 3.8) is 0 Å². The Morgan fingerprint density at radius 1 is 1.13 bits per heavy atom. The number of hydrogen-bond acceptors (Lipinski definition) is 4. The fourth-order valence-electron chi connectivity index (χ4n) is 3.06. The van der Waals surface area contributed by atoms with Crippen LogP contribution in [0.15, 0.2) is 65.1 Å². The molecule has 0 radical (unpaired) electrons. The number of hydrogen-bond donors (Lipinski definition) is 0. The summed E-state index contributed by atoms with van der Waals surface area (Å²) < 4.78 is 45.1. The molecule has 0 N–H and O–H groups in total. The van der Waals surface area contributed by atoms with Crippen LogP contribution in [0.2, 0.25) is 0 Å². The highest BCUT2D eigenvalue weighted by atomic mass is 32.1. The Balaban J connectivity index is 1.61. The molecule has 0 aliphatic rings. The van der Waals surface area contributed by atoms with E-state index in [0.717, 1.165) is 22.6 Å². The third kappa shape index (κ3) is 3.73. The molecule has 4 aromatic rings. The van der Waals surface area contributed by atoms with Crippen LogP contribution in [-0.2, 0) is 12.6 Å². The summed E-state index contributed by atoms with van der Waals surface area (Å²) in [7, 11) is 0. The maximum absolute atomic E-state index is 12.7. The average molecular weight is 428 g/mol. The van der Waals surface area contributed by atoms with Crippen LogP contribution in [0.5, 0.6) is 0 Å². The van der Waals surface area contributed by atoms with Crippen molar-refractivity contribution >= 4 is 28.4 Å². The second-order valence-corrected chi connectivity index (χ2v) is 7.65. The third-order valence-corrected chi connectivity index (χ3v) is 5.55. The van der Waals surface area contributed by atoms with Gasteiger partial charge in [-0.25, -0.2) is 9.78 Å². The van der Waals surface area contributed by atoms with Gasteiger partial charge in [0.2, 0.25) is 0 Å². The van der Waals surface area contributed by atoms with Gasteiger partial charge in [-0.3, -0.25) is 4.40 Å². The van der Waals surface area contributed by atoms with Gasteiger partial charge in [0.25, 0.3) is 0 Å². The van der Waals surface area contributed by atoms with Crippen molar-refractivity contribution in [2.45, 2.75) is 12.6 Å². The van der Waals surface area contributed by atoms with Gasteiger partial charge in [0.1, 0.15) is 5.76 Å². The van der Waals surface area contributed by atoms with E-state index in [4.69, 9.17) is 4.42 Å². The maximum atomic E-state index is 12.7. The van der Waals surface area contributed by atoms with Gasteiger partial charge in [-0.05, 0) is 29.8 Å². The minimum absolute atomic E-state index is 0.315. The highest BCUT2D eigenvalue weighted by Crippen LogP contribution is 2.30. The van der Waals surface area contributed by atoms with Gasteiger partial charge >= 0.3 is 11.8 Å². The largest absolute Gasteiger partial charge is 0.422 e. The van der Waals surface area contributed by atoms with Crippen LogP contribution >= 0.6 is 11.3 Å². The molecule has 0 bridgehead atoms. The molecule has 0 aliphatic heterocycles. The van der Waals surface area contributed by atoms with E-state index in [9.17, 15) is 18.0 Å². The van der Waals surface area contributed by atoms with Crippen molar-refractivity contribution in [1.29, 1.82) is 0 Å². The van der Waals surface area contributed by atoms with Crippen molar-refractivity contribution in [1.82, 2.24) is 9.38 Å². The lowest BCUT2D eigenvalue weighted by atomic mass is 10.1. The lowest BCUT2D eigenvalue weighted by molar-refractivity contribution is -0.137. The van der Waals surface area contributed by atoms with Crippen LogP contribution in [0.25, 0.3) is 28.4 Å². The van der Waals surface area contributed by atoms with E-state index < -0.39 is 17.4 Å². The van der Waals surface area contributed by atoms with Crippen molar-refractivity contribution in [2.75, 3.05) is 0 Å². The van der Waals surface area contributed by atoms with Gasteiger partial charge in [0, 0.05) is 29.3 Å². The van der Waals surface area contributed by atoms with E-state index in [1.54, 1.807) is 22.7 Å². The zero-order valence-corrected chi connectivity index (χ0v) is 16.4. The van der Waals surface area contributed by atoms with Crippen LogP contribution in [0.3, 0.4) is 0 Å². The first kappa shape index (κ1) is 19.9. The van der Waals surface area contributed by atoms with E-state index in [1.807, 2.05) is 6.20 Å². The van der Waals surface area contributed by atoms with Crippen molar-refractivity contribution in [3.05, 3.63) is 93.6 Å². The predicted molar refractivity (Wildman–Crippen MR) is 111 cm³/mol. The second kappa shape index (κ2) is 7.46. The molecule has 3 aromatic heterocycles. The molecule has 0 amide bonds. The van der Waals surface area contributed by atoms with Crippen LogP contribution in [-0.4, -0.2) is 9.38 Å². The van der Waals surface area contributed by atoms with Crippen molar-refractivity contribution in [3.8, 4) is 11.3 Å². The van der Waals surface area contributed by atoms with Gasteiger partial charge in [0.15, 0.2) is 4.96 Å². The van der Waals surface area contributed by atoms with Gasteiger partial charge in [-0.1, -0.05) is 31.4 Å². The predicted octanol–water partition coefficient (Wildman–Crippen LogP) is 5.91. The number of thiazole rings is 1. The minimum atomic E-state index is -4.35. The Kier molecular flexibility index (Phi) is 4.95. The molecule has 30 heavy (non-hydrogen) atoms. The first-order valence-corrected chi connectivity index (χ1v) is 9.67. The topological polar surface area (TPSA) is 47.5 Å². The summed E-state index contributed by atoms with van der Waals surface area (Å²) in [6.07, 6.45) is 2.72. The molecular weight excluding hydrogens is 413 g/mol.